The van der Waals surface area contributed by atoms with Gasteiger partial charge in [-0.3, -0.25) is 10.1 Å². The van der Waals surface area contributed by atoms with Gasteiger partial charge in [0.05, 0.1) is 9.95 Å². The lowest BCUT2D eigenvalue weighted by atomic mass is 10.1. The minimum absolute atomic E-state index is 0.0841. The Kier molecular flexibility index (Phi) is 5.06. The van der Waals surface area contributed by atoms with Crippen LogP contribution in [0.3, 0.4) is 0 Å². The van der Waals surface area contributed by atoms with Crippen molar-refractivity contribution in [2.24, 2.45) is 0 Å². The van der Waals surface area contributed by atoms with E-state index in [9.17, 15) is 18.5 Å². The number of nitro benzene ring substituents is 1. The number of benzene rings is 1. The van der Waals surface area contributed by atoms with E-state index >= 15 is 0 Å². The molecule has 1 aliphatic rings. The number of sulfonamides is 1. The Balaban J connectivity index is 2.32. The van der Waals surface area contributed by atoms with Crippen LogP contribution in [0.15, 0.2) is 23.1 Å². The average Bonchev–Trinajstić information content (AvgIpc) is 2.46. The molecule has 122 valence electrons. The van der Waals surface area contributed by atoms with Gasteiger partial charge in [0, 0.05) is 31.3 Å². The number of likely N-dealkylation sites (N-methyl/N-ethyl adjacent to an activating group) is 1. The number of nitrogens with zero attached hydrogens (tertiary/aromatic N) is 3. The van der Waals surface area contributed by atoms with Crippen LogP contribution >= 0.6 is 11.6 Å². The third kappa shape index (κ3) is 3.40. The van der Waals surface area contributed by atoms with Gasteiger partial charge in [0.25, 0.3) is 5.69 Å². The second-order valence-corrected chi connectivity index (χ2v) is 7.81. The molecule has 22 heavy (non-hydrogen) atoms. The molecule has 0 spiro atoms. The van der Waals surface area contributed by atoms with E-state index in [0.717, 1.165) is 25.0 Å². The van der Waals surface area contributed by atoms with Gasteiger partial charge in [-0.05, 0) is 33.0 Å². The first kappa shape index (κ1) is 17.1. The second-order valence-electron chi connectivity index (χ2n) is 5.49. The van der Waals surface area contributed by atoms with Crippen molar-refractivity contribution in [3.63, 3.8) is 0 Å². The Morgan fingerprint density at radius 1 is 1.41 bits per heavy atom. The summed E-state index contributed by atoms with van der Waals surface area (Å²) in [7, 11) is 0.0831. The fourth-order valence-corrected chi connectivity index (χ4v) is 4.54. The molecule has 0 unspecified atom stereocenters. The van der Waals surface area contributed by atoms with Crippen molar-refractivity contribution in [2.45, 2.75) is 23.8 Å². The first-order chi connectivity index (χ1) is 10.2. The summed E-state index contributed by atoms with van der Waals surface area (Å²) in [6, 6.07) is 3.59. The third-order valence-corrected chi connectivity index (χ3v) is 6.18. The molecular formula is C13H18ClN3O4S. The molecule has 0 N–H and O–H groups in total. The molecule has 0 saturated carbocycles. The summed E-state index contributed by atoms with van der Waals surface area (Å²) in [6.45, 7) is 0.822. The van der Waals surface area contributed by atoms with E-state index in [1.54, 1.807) is 0 Å². The summed E-state index contributed by atoms with van der Waals surface area (Å²) in [5.41, 5.74) is -0.228. The lowest BCUT2D eigenvalue weighted by Gasteiger charge is -2.35. The monoisotopic (exact) mass is 347 g/mol. The maximum Gasteiger partial charge on any atom is 0.271 e. The first-order valence-electron chi connectivity index (χ1n) is 6.84. The summed E-state index contributed by atoms with van der Waals surface area (Å²) in [6.07, 6.45) is 1.71. The largest absolute Gasteiger partial charge is 0.305 e. The van der Waals surface area contributed by atoms with Gasteiger partial charge in [-0.2, -0.15) is 4.31 Å². The smallest absolute Gasteiger partial charge is 0.271 e. The van der Waals surface area contributed by atoms with Gasteiger partial charge in [-0.15, -0.1) is 0 Å². The van der Waals surface area contributed by atoms with Gasteiger partial charge in [-0.25, -0.2) is 8.42 Å². The standard InChI is InChI=1S/C13H18ClN3O4S/c1-15(2)11-4-3-7-16(9-11)22(20,21)13-6-5-10(17(18)19)8-12(13)14/h5-6,8,11H,3-4,7,9H2,1-2H3/t11-/m1/s1. The molecule has 0 aromatic heterocycles. The fourth-order valence-electron chi connectivity index (χ4n) is 2.51. The highest BCUT2D eigenvalue weighted by atomic mass is 35.5. The van der Waals surface area contributed by atoms with Crippen molar-refractivity contribution in [3.8, 4) is 0 Å². The highest BCUT2D eigenvalue weighted by Gasteiger charge is 2.32. The van der Waals surface area contributed by atoms with E-state index < -0.39 is 14.9 Å². The van der Waals surface area contributed by atoms with Crippen LogP contribution < -0.4 is 0 Å². The van der Waals surface area contributed by atoms with Crippen molar-refractivity contribution in [1.29, 1.82) is 0 Å². The SMILES string of the molecule is CN(C)[C@@H]1CCCN(S(=O)(=O)c2ccc([N+](=O)[O-])cc2Cl)C1. The van der Waals surface area contributed by atoms with Crippen molar-refractivity contribution >= 4 is 27.3 Å². The summed E-state index contributed by atoms with van der Waals surface area (Å²) in [4.78, 5) is 12.0. The normalized spacial score (nSPS) is 20.3. The zero-order chi connectivity index (χ0) is 16.5. The third-order valence-electron chi connectivity index (χ3n) is 3.83. The molecule has 2 rings (SSSR count). The molecule has 0 aliphatic carbocycles. The van der Waals surface area contributed by atoms with Crippen LogP contribution in [0.2, 0.25) is 5.02 Å². The van der Waals surface area contributed by atoms with E-state index in [4.69, 9.17) is 11.6 Å². The molecule has 0 radical (unpaired) electrons. The van der Waals surface area contributed by atoms with Crippen LogP contribution in [0.25, 0.3) is 0 Å². The van der Waals surface area contributed by atoms with Crippen LogP contribution in [-0.2, 0) is 10.0 Å². The number of hydrogen-bond donors (Lipinski definition) is 0. The van der Waals surface area contributed by atoms with Crippen LogP contribution in [0.4, 0.5) is 5.69 Å². The molecule has 9 heteroatoms. The topological polar surface area (TPSA) is 83.8 Å². The highest BCUT2D eigenvalue weighted by Crippen LogP contribution is 2.30. The molecule has 0 bridgehead atoms. The maximum absolute atomic E-state index is 12.7. The maximum atomic E-state index is 12.7. The summed E-state index contributed by atoms with van der Waals surface area (Å²) in [5.74, 6) is 0. The summed E-state index contributed by atoms with van der Waals surface area (Å²) in [5, 5.41) is 10.6. The highest BCUT2D eigenvalue weighted by molar-refractivity contribution is 7.89. The van der Waals surface area contributed by atoms with E-state index in [1.165, 1.54) is 10.4 Å². The molecule has 1 atom stereocenters. The number of piperidine rings is 1. The molecule has 1 aromatic rings. The molecule has 1 fully saturated rings. The number of halogens is 1. The van der Waals surface area contributed by atoms with Gasteiger partial charge in [0.1, 0.15) is 4.90 Å². The Hall–Kier alpha value is -1.22. The summed E-state index contributed by atoms with van der Waals surface area (Å²) >= 11 is 5.96. The van der Waals surface area contributed by atoms with Gasteiger partial charge >= 0.3 is 0 Å². The lowest BCUT2D eigenvalue weighted by molar-refractivity contribution is -0.384. The Labute approximate surface area is 134 Å². The van der Waals surface area contributed by atoms with Crippen LogP contribution in [0.1, 0.15) is 12.8 Å². The van der Waals surface area contributed by atoms with Crippen LogP contribution in [0.5, 0.6) is 0 Å². The van der Waals surface area contributed by atoms with E-state index in [-0.39, 0.29) is 21.6 Å². The van der Waals surface area contributed by atoms with Crippen molar-refractivity contribution < 1.29 is 13.3 Å². The zero-order valence-electron chi connectivity index (χ0n) is 12.4. The first-order valence-corrected chi connectivity index (χ1v) is 8.66. The number of rotatable bonds is 4. The predicted octanol–water partition coefficient (Wildman–Crippen LogP) is 1.96. The Morgan fingerprint density at radius 3 is 2.64 bits per heavy atom. The Bertz CT molecular complexity index is 678. The van der Waals surface area contributed by atoms with Crippen molar-refractivity contribution in [2.75, 3.05) is 27.2 Å². The molecule has 0 amide bonds. The van der Waals surface area contributed by atoms with E-state index in [1.807, 2.05) is 19.0 Å². The average molecular weight is 348 g/mol. The minimum Gasteiger partial charge on any atom is -0.305 e. The van der Waals surface area contributed by atoms with Gasteiger partial charge in [0.2, 0.25) is 10.0 Å². The van der Waals surface area contributed by atoms with Gasteiger partial charge in [-0.1, -0.05) is 11.6 Å². The summed E-state index contributed by atoms with van der Waals surface area (Å²) < 4.78 is 26.8. The Morgan fingerprint density at radius 2 is 2.09 bits per heavy atom. The molecule has 1 aromatic carbocycles. The van der Waals surface area contributed by atoms with Crippen molar-refractivity contribution in [3.05, 3.63) is 33.3 Å². The number of non-ortho nitro benzene ring substituents is 1. The second kappa shape index (κ2) is 6.49. The molecule has 7 nitrogen and oxygen atoms in total. The van der Waals surface area contributed by atoms with E-state index in [0.29, 0.717) is 13.1 Å². The lowest BCUT2D eigenvalue weighted by Crippen LogP contribution is -2.47. The fraction of sp³-hybridized carbons (Fsp3) is 0.538. The van der Waals surface area contributed by atoms with Crippen LogP contribution in [-0.4, -0.2) is 55.8 Å². The van der Waals surface area contributed by atoms with Gasteiger partial charge < -0.3 is 4.90 Å². The number of nitro groups is 1. The predicted molar refractivity (Wildman–Crippen MR) is 83.6 cm³/mol. The minimum atomic E-state index is -3.75. The molecular weight excluding hydrogens is 330 g/mol. The molecule has 1 heterocycles. The zero-order valence-corrected chi connectivity index (χ0v) is 14.0. The molecule has 1 saturated heterocycles. The van der Waals surface area contributed by atoms with Gasteiger partial charge in [0.15, 0.2) is 0 Å². The van der Waals surface area contributed by atoms with Crippen molar-refractivity contribution in [1.82, 2.24) is 9.21 Å². The molecule has 1 aliphatic heterocycles. The number of hydrogen-bond acceptors (Lipinski definition) is 5. The quantitative estimate of drug-likeness (QED) is 0.614. The van der Waals surface area contributed by atoms with E-state index in [2.05, 4.69) is 0 Å². The van der Waals surface area contributed by atoms with Crippen LogP contribution in [0, 0.1) is 10.1 Å².